The molecule has 20 heavy (non-hydrogen) atoms. The zero-order valence-electron chi connectivity index (χ0n) is 13.1. The first-order valence-electron chi connectivity index (χ1n) is 8.60. The minimum absolute atomic E-state index is 0.720. The van der Waals surface area contributed by atoms with Crippen molar-refractivity contribution in [1.29, 1.82) is 0 Å². The summed E-state index contributed by atoms with van der Waals surface area (Å²) in [6, 6.07) is 9.79. The normalized spacial score (nSPS) is 30.4. The number of fused-ring (bicyclic) bond motifs is 1. The highest BCUT2D eigenvalue weighted by Crippen LogP contribution is 2.43. The molecular weight excluding hydrogens is 242 g/mol. The third-order valence-corrected chi connectivity index (χ3v) is 5.53. The van der Waals surface area contributed by atoms with E-state index in [-0.39, 0.29) is 0 Å². The molecule has 0 saturated heterocycles. The van der Waals surface area contributed by atoms with Crippen LogP contribution in [0.25, 0.3) is 0 Å². The van der Waals surface area contributed by atoms with E-state index in [1.165, 1.54) is 45.1 Å². The van der Waals surface area contributed by atoms with Crippen LogP contribution in [-0.4, -0.2) is 12.6 Å². The molecule has 2 unspecified atom stereocenters. The highest BCUT2D eigenvalue weighted by atomic mass is 14.9. The van der Waals surface area contributed by atoms with Gasteiger partial charge in [-0.15, -0.1) is 0 Å². The van der Waals surface area contributed by atoms with Gasteiger partial charge >= 0.3 is 0 Å². The topological polar surface area (TPSA) is 12.0 Å². The summed E-state index contributed by atoms with van der Waals surface area (Å²) in [6.45, 7) is 5.88. The summed E-state index contributed by atoms with van der Waals surface area (Å²) in [6.07, 6.45) is 8.27. The first-order chi connectivity index (χ1) is 9.79. The standard InChI is InChI=1S/C19H29N/c1-3-12-20-19(15-10-8-14(2)9-11-15)18-13-16-6-4-5-7-17(16)18/h4-7,14-15,18-20H,3,8-13H2,1-2H3. The van der Waals surface area contributed by atoms with E-state index in [1.807, 2.05) is 0 Å². The summed E-state index contributed by atoms with van der Waals surface area (Å²) in [5.74, 6) is 2.62. The maximum atomic E-state index is 3.90. The lowest BCUT2D eigenvalue weighted by Gasteiger charge is -2.43. The molecule has 0 amide bonds. The average molecular weight is 271 g/mol. The van der Waals surface area contributed by atoms with Crippen LogP contribution in [0, 0.1) is 11.8 Å². The van der Waals surface area contributed by atoms with Gasteiger partial charge in [-0.2, -0.15) is 0 Å². The van der Waals surface area contributed by atoms with Crippen LogP contribution in [0.4, 0.5) is 0 Å². The molecule has 1 nitrogen and oxygen atoms in total. The molecular formula is C19H29N. The second-order valence-corrected chi connectivity index (χ2v) is 7.01. The Morgan fingerprint density at radius 3 is 2.60 bits per heavy atom. The smallest absolute Gasteiger partial charge is 0.0167 e. The molecule has 1 fully saturated rings. The molecule has 1 saturated carbocycles. The molecule has 2 atom stereocenters. The summed E-state index contributed by atoms with van der Waals surface area (Å²) in [4.78, 5) is 0. The quantitative estimate of drug-likeness (QED) is 0.830. The Labute approximate surface area is 124 Å². The second kappa shape index (κ2) is 6.30. The first kappa shape index (κ1) is 14.1. The predicted octanol–water partition coefficient (Wildman–Crippen LogP) is 4.52. The Kier molecular flexibility index (Phi) is 4.45. The van der Waals surface area contributed by atoms with Crippen molar-refractivity contribution < 1.29 is 0 Å². The number of rotatable bonds is 5. The van der Waals surface area contributed by atoms with Gasteiger partial charge in [0.25, 0.3) is 0 Å². The van der Waals surface area contributed by atoms with E-state index in [0.29, 0.717) is 0 Å². The zero-order valence-corrected chi connectivity index (χ0v) is 13.1. The summed E-state index contributed by atoms with van der Waals surface area (Å²) in [5, 5.41) is 3.90. The average Bonchev–Trinajstić information content (AvgIpc) is 2.45. The number of hydrogen-bond donors (Lipinski definition) is 1. The maximum Gasteiger partial charge on any atom is 0.0167 e. The Hall–Kier alpha value is -0.820. The van der Waals surface area contributed by atoms with Crippen molar-refractivity contribution in [2.45, 2.75) is 64.3 Å². The molecule has 0 spiro atoms. The van der Waals surface area contributed by atoms with Gasteiger partial charge < -0.3 is 5.32 Å². The molecule has 110 valence electrons. The molecule has 0 heterocycles. The van der Waals surface area contributed by atoms with E-state index in [9.17, 15) is 0 Å². The van der Waals surface area contributed by atoms with E-state index in [2.05, 4.69) is 43.4 Å². The molecule has 1 heteroatoms. The Morgan fingerprint density at radius 2 is 1.90 bits per heavy atom. The molecule has 1 aromatic carbocycles. The van der Waals surface area contributed by atoms with Crippen LogP contribution in [0.1, 0.15) is 63.0 Å². The fourth-order valence-electron chi connectivity index (χ4n) is 4.21. The van der Waals surface area contributed by atoms with Gasteiger partial charge in [0, 0.05) is 12.0 Å². The molecule has 1 aromatic rings. The lowest BCUT2D eigenvalue weighted by molar-refractivity contribution is 0.200. The fourth-order valence-corrected chi connectivity index (χ4v) is 4.21. The highest BCUT2D eigenvalue weighted by molar-refractivity contribution is 5.41. The van der Waals surface area contributed by atoms with Crippen LogP contribution in [-0.2, 0) is 6.42 Å². The molecule has 1 N–H and O–H groups in total. The summed E-state index contributed by atoms with van der Waals surface area (Å²) >= 11 is 0. The third-order valence-electron chi connectivity index (χ3n) is 5.53. The minimum atomic E-state index is 0.720. The fraction of sp³-hybridized carbons (Fsp3) is 0.684. The predicted molar refractivity (Wildman–Crippen MR) is 86.1 cm³/mol. The van der Waals surface area contributed by atoms with E-state index in [1.54, 1.807) is 11.1 Å². The van der Waals surface area contributed by atoms with Crippen molar-refractivity contribution in [3.8, 4) is 0 Å². The first-order valence-corrected chi connectivity index (χ1v) is 8.60. The van der Waals surface area contributed by atoms with Crippen molar-refractivity contribution in [3.05, 3.63) is 35.4 Å². The van der Waals surface area contributed by atoms with Crippen LogP contribution in [0.3, 0.4) is 0 Å². The third kappa shape index (κ3) is 2.79. The van der Waals surface area contributed by atoms with E-state index >= 15 is 0 Å². The van der Waals surface area contributed by atoms with Gasteiger partial charge in [-0.05, 0) is 55.2 Å². The summed E-state index contributed by atoms with van der Waals surface area (Å²) in [5.41, 5.74) is 3.21. The Morgan fingerprint density at radius 1 is 1.15 bits per heavy atom. The van der Waals surface area contributed by atoms with E-state index in [4.69, 9.17) is 0 Å². The SMILES string of the molecule is CCCNC(C1CCC(C)CC1)C1Cc2ccccc21. The van der Waals surface area contributed by atoms with Crippen molar-refractivity contribution >= 4 is 0 Å². The van der Waals surface area contributed by atoms with Crippen LogP contribution in [0.15, 0.2) is 24.3 Å². The van der Waals surface area contributed by atoms with Crippen molar-refractivity contribution in [3.63, 3.8) is 0 Å². The molecule has 0 aliphatic heterocycles. The second-order valence-electron chi connectivity index (χ2n) is 7.01. The van der Waals surface area contributed by atoms with Gasteiger partial charge in [0.15, 0.2) is 0 Å². The molecule has 0 aromatic heterocycles. The Balaban J connectivity index is 1.71. The zero-order chi connectivity index (χ0) is 13.9. The van der Waals surface area contributed by atoms with E-state index in [0.717, 1.165) is 23.8 Å². The number of hydrogen-bond acceptors (Lipinski definition) is 1. The van der Waals surface area contributed by atoms with Crippen molar-refractivity contribution in [1.82, 2.24) is 5.32 Å². The van der Waals surface area contributed by atoms with Gasteiger partial charge in [0.1, 0.15) is 0 Å². The lowest BCUT2D eigenvalue weighted by atomic mass is 9.66. The minimum Gasteiger partial charge on any atom is -0.313 e. The lowest BCUT2D eigenvalue weighted by Crippen LogP contribution is -2.46. The summed E-state index contributed by atoms with van der Waals surface area (Å²) in [7, 11) is 0. The monoisotopic (exact) mass is 271 g/mol. The van der Waals surface area contributed by atoms with Gasteiger partial charge in [0.2, 0.25) is 0 Å². The maximum absolute atomic E-state index is 3.90. The molecule has 0 radical (unpaired) electrons. The van der Waals surface area contributed by atoms with Gasteiger partial charge in [-0.25, -0.2) is 0 Å². The molecule has 2 aliphatic rings. The van der Waals surface area contributed by atoms with Crippen LogP contribution in [0.5, 0.6) is 0 Å². The van der Waals surface area contributed by atoms with Gasteiger partial charge in [-0.3, -0.25) is 0 Å². The van der Waals surface area contributed by atoms with Gasteiger partial charge in [-0.1, -0.05) is 51.0 Å². The molecule has 3 rings (SSSR count). The van der Waals surface area contributed by atoms with E-state index < -0.39 is 0 Å². The molecule has 0 bridgehead atoms. The largest absolute Gasteiger partial charge is 0.313 e. The highest BCUT2D eigenvalue weighted by Gasteiger charge is 2.37. The molecule has 2 aliphatic carbocycles. The Bertz CT molecular complexity index is 431. The van der Waals surface area contributed by atoms with Gasteiger partial charge in [0.05, 0.1) is 0 Å². The van der Waals surface area contributed by atoms with Crippen LogP contribution < -0.4 is 5.32 Å². The van der Waals surface area contributed by atoms with Crippen molar-refractivity contribution in [2.24, 2.45) is 11.8 Å². The number of benzene rings is 1. The number of nitrogens with one attached hydrogen (secondary N) is 1. The van der Waals surface area contributed by atoms with Crippen molar-refractivity contribution in [2.75, 3.05) is 6.54 Å². The van der Waals surface area contributed by atoms with Crippen LogP contribution in [0.2, 0.25) is 0 Å². The summed E-state index contributed by atoms with van der Waals surface area (Å²) < 4.78 is 0. The van der Waals surface area contributed by atoms with Crippen LogP contribution >= 0.6 is 0 Å².